The van der Waals surface area contributed by atoms with E-state index < -0.39 is 65.6 Å². The van der Waals surface area contributed by atoms with Gasteiger partial charge in [0.2, 0.25) is 23.6 Å². The van der Waals surface area contributed by atoms with Gasteiger partial charge in [0.1, 0.15) is 18.1 Å². The van der Waals surface area contributed by atoms with Crippen LogP contribution in [0.4, 0.5) is 13.2 Å². The Labute approximate surface area is 236 Å². The molecule has 2 saturated carbocycles. The molecule has 14 heteroatoms. The molecular weight excluding hydrogens is 547 g/mol. The zero-order valence-corrected chi connectivity index (χ0v) is 24.2. The first-order valence-corrected chi connectivity index (χ1v) is 13.9. The minimum absolute atomic E-state index is 0.00642. The van der Waals surface area contributed by atoms with Gasteiger partial charge in [0, 0.05) is 18.0 Å². The van der Waals surface area contributed by atoms with Crippen LogP contribution < -0.4 is 21.7 Å². The molecule has 2 aliphatic heterocycles. The predicted octanol–water partition coefficient (Wildman–Crippen LogP) is 0.749. The third kappa shape index (κ3) is 6.31. The number of rotatable bonds is 9. The number of likely N-dealkylation sites (tertiary alicyclic amines) is 1. The van der Waals surface area contributed by atoms with Gasteiger partial charge >= 0.3 is 12.1 Å². The highest BCUT2D eigenvalue weighted by molar-refractivity contribution is 5.96. The summed E-state index contributed by atoms with van der Waals surface area (Å²) in [4.78, 5) is 65.3. The monoisotopic (exact) mass is 587 g/mol. The molecule has 0 aromatic rings. The van der Waals surface area contributed by atoms with E-state index in [1.807, 2.05) is 13.8 Å². The Hall–Kier alpha value is -2.90. The third-order valence-corrected chi connectivity index (χ3v) is 9.01. The highest BCUT2D eigenvalue weighted by Gasteiger charge is 2.70. The summed E-state index contributed by atoms with van der Waals surface area (Å²) in [6.07, 6.45) is -4.19. The van der Waals surface area contributed by atoms with E-state index in [0.717, 1.165) is 12.8 Å². The highest BCUT2D eigenvalue weighted by atomic mass is 19.4. The molecule has 0 aromatic carbocycles. The molecule has 0 radical (unpaired) electrons. The van der Waals surface area contributed by atoms with Crippen molar-refractivity contribution in [3.63, 3.8) is 0 Å². The molecule has 230 valence electrons. The molecule has 2 saturated heterocycles. The Morgan fingerprint density at radius 3 is 2.24 bits per heavy atom. The van der Waals surface area contributed by atoms with Crippen LogP contribution in [0, 0.1) is 23.2 Å². The van der Waals surface area contributed by atoms with E-state index in [-0.39, 0.29) is 41.7 Å². The van der Waals surface area contributed by atoms with Crippen molar-refractivity contribution in [3.8, 4) is 0 Å². The molecule has 0 bridgehead atoms. The first-order chi connectivity index (χ1) is 18.7. The number of hydrogen-bond donors (Lipinski definition) is 4. The van der Waals surface area contributed by atoms with Crippen molar-refractivity contribution in [2.45, 2.75) is 109 Å². The molecule has 3 unspecified atom stereocenters. The number of piperidine rings is 1. The van der Waals surface area contributed by atoms with Gasteiger partial charge in [-0.15, -0.1) is 0 Å². The number of primary amides is 1. The van der Waals surface area contributed by atoms with Gasteiger partial charge < -0.3 is 31.3 Å². The first kappa shape index (κ1) is 31.0. The van der Waals surface area contributed by atoms with Crippen LogP contribution in [0.1, 0.15) is 67.2 Å². The topological polar surface area (TPSA) is 160 Å². The van der Waals surface area contributed by atoms with Crippen LogP contribution in [0.3, 0.4) is 0 Å². The Kier molecular flexibility index (Phi) is 7.67. The highest BCUT2D eigenvalue weighted by Crippen LogP contribution is 2.65. The van der Waals surface area contributed by atoms with Gasteiger partial charge in [-0.2, -0.15) is 13.2 Å². The van der Waals surface area contributed by atoms with Crippen molar-refractivity contribution < 1.29 is 41.9 Å². The van der Waals surface area contributed by atoms with Gasteiger partial charge in [-0.3, -0.25) is 24.0 Å². The summed E-state index contributed by atoms with van der Waals surface area (Å²) >= 11 is 0. The largest absolute Gasteiger partial charge is 0.471 e. The van der Waals surface area contributed by atoms with Crippen LogP contribution in [0.2, 0.25) is 0 Å². The summed E-state index contributed by atoms with van der Waals surface area (Å²) in [5, 5.41) is 7.32. The van der Waals surface area contributed by atoms with Crippen molar-refractivity contribution in [2.24, 2.45) is 28.9 Å². The summed E-state index contributed by atoms with van der Waals surface area (Å²) in [5.74, 6) is -5.91. The van der Waals surface area contributed by atoms with Gasteiger partial charge in [0.25, 0.3) is 0 Å². The minimum Gasteiger partial charge on any atom is -0.370 e. The molecule has 11 nitrogen and oxygen atoms in total. The molecular formula is C27H40F3N5O6. The quantitative estimate of drug-likeness (QED) is 0.312. The van der Waals surface area contributed by atoms with Crippen LogP contribution in [0.25, 0.3) is 0 Å². The summed E-state index contributed by atoms with van der Waals surface area (Å²) in [6, 6.07) is -4.04. The maximum atomic E-state index is 13.8. The second kappa shape index (κ2) is 10.1. The zero-order valence-electron chi connectivity index (χ0n) is 24.2. The molecule has 4 aliphatic rings. The molecule has 41 heavy (non-hydrogen) atoms. The van der Waals surface area contributed by atoms with E-state index in [2.05, 4.69) is 10.6 Å². The molecule has 5 amide bonds. The second-order valence-corrected chi connectivity index (χ2v) is 13.6. The number of hydrogen-bond acceptors (Lipinski definition) is 6. The van der Waals surface area contributed by atoms with Crippen molar-refractivity contribution in [2.75, 3.05) is 6.54 Å². The molecule has 4 fully saturated rings. The Balaban J connectivity index is 1.55. The lowest BCUT2D eigenvalue weighted by atomic mass is 9.94. The molecule has 0 aromatic heterocycles. The van der Waals surface area contributed by atoms with Gasteiger partial charge in [-0.1, -0.05) is 13.8 Å². The molecule has 5 N–H and O–H groups in total. The van der Waals surface area contributed by atoms with Crippen molar-refractivity contribution in [3.05, 3.63) is 0 Å². The van der Waals surface area contributed by atoms with Gasteiger partial charge in [0.15, 0.2) is 0 Å². The number of nitrogens with one attached hydrogen (secondary N) is 3. The van der Waals surface area contributed by atoms with Crippen LogP contribution in [-0.4, -0.2) is 82.5 Å². The van der Waals surface area contributed by atoms with Gasteiger partial charge in [-0.05, 0) is 70.6 Å². The second-order valence-electron chi connectivity index (χ2n) is 13.6. The molecule has 2 heterocycles. The zero-order chi connectivity index (χ0) is 30.9. The van der Waals surface area contributed by atoms with E-state index >= 15 is 0 Å². The molecule has 4 rings (SSSR count). The van der Waals surface area contributed by atoms with Crippen LogP contribution in [0.5, 0.6) is 0 Å². The summed E-state index contributed by atoms with van der Waals surface area (Å²) < 4.78 is 45.3. The number of halogens is 3. The van der Waals surface area contributed by atoms with E-state index in [1.54, 1.807) is 26.1 Å². The molecule has 1 spiro atoms. The standard InChI is InChI=1S/C27H40F3N5O6/c1-12(41-24(2,3)4)17(33-23(40)27(28,29)30)22(39)35-11-14-16(25(14,5)6)18(35)21(38)32-15(19(31)36)9-13-10-26(7-8-26)34-20(13)37/h12-18H,7-11H2,1-6H3,(H2,31,36)(H,32,38)(H,33,40)(H,34,37)/t12-,13+,14?,15-,16?,17-,18?/m0/s1. The average molecular weight is 588 g/mol. The fourth-order valence-corrected chi connectivity index (χ4v) is 6.66. The van der Waals surface area contributed by atoms with Crippen molar-refractivity contribution in [1.82, 2.24) is 20.9 Å². The predicted molar refractivity (Wildman–Crippen MR) is 139 cm³/mol. The van der Waals surface area contributed by atoms with E-state index in [4.69, 9.17) is 10.5 Å². The number of alkyl halides is 3. The number of carbonyl (C=O) groups is 5. The van der Waals surface area contributed by atoms with Gasteiger partial charge in [-0.25, -0.2) is 0 Å². The lowest BCUT2D eigenvalue weighted by Crippen LogP contribution is -2.61. The smallest absolute Gasteiger partial charge is 0.370 e. The maximum absolute atomic E-state index is 13.8. The maximum Gasteiger partial charge on any atom is 0.471 e. The normalized spacial score (nSPS) is 29.7. The minimum atomic E-state index is -5.24. The number of ether oxygens (including phenoxy) is 1. The fourth-order valence-electron chi connectivity index (χ4n) is 6.66. The molecule has 7 atom stereocenters. The van der Waals surface area contributed by atoms with Crippen molar-refractivity contribution >= 4 is 29.5 Å². The summed E-state index contributed by atoms with van der Waals surface area (Å²) in [6.45, 7) is 10.2. The Morgan fingerprint density at radius 1 is 1.15 bits per heavy atom. The lowest BCUT2D eigenvalue weighted by molar-refractivity contribution is -0.177. The Bertz CT molecular complexity index is 1130. The summed E-state index contributed by atoms with van der Waals surface area (Å²) in [7, 11) is 0. The number of nitrogens with two attached hydrogens (primary N) is 1. The summed E-state index contributed by atoms with van der Waals surface area (Å²) in [5.41, 5.74) is 4.15. The van der Waals surface area contributed by atoms with E-state index in [9.17, 15) is 37.1 Å². The van der Waals surface area contributed by atoms with Crippen molar-refractivity contribution in [1.29, 1.82) is 0 Å². The average Bonchev–Trinajstić information content (AvgIpc) is 3.53. The molecule has 2 aliphatic carbocycles. The number of fused-ring (bicyclic) bond motifs is 1. The number of amides is 5. The lowest BCUT2D eigenvalue weighted by Gasteiger charge is -2.37. The fraction of sp³-hybridized carbons (Fsp3) is 0.815. The number of carbonyl (C=O) groups excluding carboxylic acids is 5. The number of nitrogens with zero attached hydrogens (tertiary/aromatic N) is 1. The van der Waals surface area contributed by atoms with Gasteiger partial charge in [0.05, 0.1) is 11.7 Å². The SMILES string of the molecule is C[C@H](OC(C)(C)C)[C@H](NC(=O)C(F)(F)F)C(=O)N1CC2C(C1C(=O)N[C@@H](C[C@@H]1CC3(CC3)NC1=O)C(N)=O)C2(C)C. The van der Waals surface area contributed by atoms with Crippen LogP contribution in [-0.2, 0) is 28.7 Å². The Morgan fingerprint density at radius 2 is 1.76 bits per heavy atom. The first-order valence-electron chi connectivity index (χ1n) is 13.9. The van der Waals surface area contributed by atoms with E-state index in [1.165, 1.54) is 11.8 Å². The van der Waals surface area contributed by atoms with Crippen LogP contribution in [0.15, 0.2) is 0 Å². The third-order valence-electron chi connectivity index (χ3n) is 9.01. The van der Waals surface area contributed by atoms with Crippen LogP contribution >= 0.6 is 0 Å². The van der Waals surface area contributed by atoms with E-state index in [0.29, 0.717) is 6.42 Å².